The van der Waals surface area contributed by atoms with Crippen molar-refractivity contribution in [2.75, 3.05) is 0 Å². The standard InChI is InChI=1S/C19H38/c1-4-5-6-7-10-13-18(2)14-11-8-9-12-15-19(3)16-17-19/h18H,4-17H2,1-3H3. The van der Waals surface area contributed by atoms with E-state index >= 15 is 0 Å². The van der Waals surface area contributed by atoms with Gasteiger partial charge in [0, 0.05) is 0 Å². The van der Waals surface area contributed by atoms with Gasteiger partial charge < -0.3 is 0 Å². The summed E-state index contributed by atoms with van der Waals surface area (Å²) in [5, 5.41) is 0. The average Bonchev–Trinajstić information content (AvgIpc) is 3.12. The lowest BCUT2D eigenvalue weighted by atomic mass is 9.95. The van der Waals surface area contributed by atoms with Crippen LogP contribution in [0.3, 0.4) is 0 Å². The molecule has 0 aromatic heterocycles. The molecule has 1 rings (SSSR count). The van der Waals surface area contributed by atoms with E-state index in [1.807, 2.05) is 0 Å². The molecule has 0 amide bonds. The van der Waals surface area contributed by atoms with Gasteiger partial charge in [-0.25, -0.2) is 0 Å². The number of hydrogen-bond donors (Lipinski definition) is 0. The monoisotopic (exact) mass is 266 g/mol. The highest BCUT2D eigenvalue weighted by Crippen LogP contribution is 2.49. The first-order chi connectivity index (χ1) is 9.16. The Morgan fingerprint density at radius 2 is 1.32 bits per heavy atom. The second-order valence-corrected chi connectivity index (χ2v) is 7.57. The third-order valence-corrected chi connectivity index (χ3v) is 5.13. The fourth-order valence-electron chi connectivity index (χ4n) is 3.10. The zero-order valence-corrected chi connectivity index (χ0v) is 14.0. The molecule has 1 unspecified atom stereocenters. The van der Waals surface area contributed by atoms with Crippen LogP contribution in [0.5, 0.6) is 0 Å². The van der Waals surface area contributed by atoms with E-state index in [9.17, 15) is 0 Å². The molecule has 19 heavy (non-hydrogen) atoms. The topological polar surface area (TPSA) is 0 Å². The van der Waals surface area contributed by atoms with Crippen molar-refractivity contribution in [3.63, 3.8) is 0 Å². The lowest BCUT2D eigenvalue weighted by Crippen LogP contribution is -1.96. The van der Waals surface area contributed by atoms with Crippen molar-refractivity contribution >= 4 is 0 Å². The smallest absolute Gasteiger partial charge is 0.0325 e. The molecule has 0 saturated heterocycles. The molecule has 0 radical (unpaired) electrons. The fourth-order valence-corrected chi connectivity index (χ4v) is 3.10. The van der Waals surface area contributed by atoms with Gasteiger partial charge in [0.1, 0.15) is 0 Å². The first-order valence-corrected chi connectivity index (χ1v) is 9.16. The van der Waals surface area contributed by atoms with E-state index in [0.717, 1.165) is 11.3 Å². The van der Waals surface area contributed by atoms with Crippen molar-refractivity contribution in [3.8, 4) is 0 Å². The Balaban J connectivity index is 1.77. The van der Waals surface area contributed by atoms with Crippen LogP contribution < -0.4 is 0 Å². The molecule has 0 aromatic carbocycles. The van der Waals surface area contributed by atoms with Gasteiger partial charge in [0.05, 0.1) is 0 Å². The maximum atomic E-state index is 2.47. The van der Waals surface area contributed by atoms with E-state index in [4.69, 9.17) is 0 Å². The van der Waals surface area contributed by atoms with Crippen LogP contribution in [-0.4, -0.2) is 0 Å². The molecule has 1 fully saturated rings. The van der Waals surface area contributed by atoms with E-state index < -0.39 is 0 Å². The molecule has 0 aliphatic heterocycles. The Labute approximate surface area is 122 Å². The summed E-state index contributed by atoms with van der Waals surface area (Å²) in [5.41, 5.74) is 0.784. The Bertz CT molecular complexity index is 202. The maximum Gasteiger partial charge on any atom is -0.0325 e. The van der Waals surface area contributed by atoms with Crippen LogP contribution in [0.15, 0.2) is 0 Å². The summed E-state index contributed by atoms with van der Waals surface area (Å²) in [6, 6.07) is 0. The van der Waals surface area contributed by atoms with Gasteiger partial charge in [-0.1, -0.05) is 91.4 Å². The molecular formula is C19H38. The molecule has 0 heteroatoms. The van der Waals surface area contributed by atoms with E-state index in [1.54, 1.807) is 0 Å². The van der Waals surface area contributed by atoms with Crippen LogP contribution in [0, 0.1) is 11.3 Å². The van der Waals surface area contributed by atoms with Crippen LogP contribution in [0.2, 0.25) is 0 Å². The zero-order chi connectivity index (χ0) is 14.0. The highest BCUT2D eigenvalue weighted by molar-refractivity contribution is 4.87. The maximum absolute atomic E-state index is 2.47. The van der Waals surface area contributed by atoms with Gasteiger partial charge in [0.2, 0.25) is 0 Å². The van der Waals surface area contributed by atoms with Crippen LogP contribution in [-0.2, 0) is 0 Å². The second kappa shape index (κ2) is 9.83. The van der Waals surface area contributed by atoms with Crippen molar-refractivity contribution < 1.29 is 0 Å². The molecule has 0 spiro atoms. The van der Waals surface area contributed by atoms with Crippen molar-refractivity contribution in [3.05, 3.63) is 0 Å². The lowest BCUT2D eigenvalue weighted by molar-refractivity contribution is 0.422. The molecular weight excluding hydrogens is 228 g/mol. The van der Waals surface area contributed by atoms with Crippen LogP contribution in [0.1, 0.15) is 111 Å². The quantitative estimate of drug-likeness (QED) is 0.311. The summed E-state index contributed by atoms with van der Waals surface area (Å²) in [6.07, 6.45) is 20.6. The van der Waals surface area contributed by atoms with Gasteiger partial charge in [-0.3, -0.25) is 0 Å². The molecule has 0 N–H and O–H groups in total. The Kier molecular flexibility index (Phi) is 8.83. The minimum atomic E-state index is 0.784. The summed E-state index contributed by atoms with van der Waals surface area (Å²) in [6.45, 7) is 7.23. The second-order valence-electron chi connectivity index (χ2n) is 7.57. The largest absolute Gasteiger partial charge is 0.0654 e. The fraction of sp³-hybridized carbons (Fsp3) is 1.00. The first kappa shape index (κ1) is 17.1. The predicted molar refractivity (Wildman–Crippen MR) is 87.6 cm³/mol. The van der Waals surface area contributed by atoms with Gasteiger partial charge in [-0.05, 0) is 30.6 Å². The van der Waals surface area contributed by atoms with Crippen LogP contribution in [0.4, 0.5) is 0 Å². The zero-order valence-electron chi connectivity index (χ0n) is 14.0. The van der Waals surface area contributed by atoms with E-state index in [2.05, 4.69) is 20.8 Å². The molecule has 1 saturated carbocycles. The summed E-state index contributed by atoms with van der Waals surface area (Å²) >= 11 is 0. The van der Waals surface area contributed by atoms with E-state index in [0.29, 0.717) is 0 Å². The molecule has 0 heterocycles. The average molecular weight is 267 g/mol. The van der Waals surface area contributed by atoms with Crippen LogP contribution >= 0.6 is 0 Å². The van der Waals surface area contributed by atoms with E-state index in [-0.39, 0.29) is 0 Å². The van der Waals surface area contributed by atoms with Gasteiger partial charge >= 0.3 is 0 Å². The minimum Gasteiger partial charge on any atom is -0.0654 e. The van der Waals surface area contributed by atoms with Crippen molar-refractivity contribution in [2.45, 2.75) is 111 Å². The van der Waals surface area contributed by atoms with Gasteiger partial charge in [-0.2, -0.15) is 0 Å². The predicted octanol–water partition coefficient (Wildman–Crippen LogP) is 7.12. The third-order valence-electron chi connectivity index (χ3n) is 5.13. The number of unbranched alkanes of at least 4 members (excludes halogenated alkanes) is 7. The summed E-state index contributed by atoms with van der Waals surface area (Å²) < 4.78 is 0. The molecule has 0 bridgehead atoms. The lowest BCUT2D eigenvalue weighted by Gasteiger charge is -2.11. The highest BCUT2D eigenvalue weighted by Gasteiger charge is 2.35. The molecule has 0 nitrogen and oxygen atoms in total. The van der Waals surface area contributed by atoms with E-state index in [1.165, 1.54) is 89.9 Å². The van der Waals surface area contributed by atoms with Crippen molar-refractivity contribution in [1.82, 2.24) is 0 Å². The third kappa shape index (κ3) is 9.52. The highest BCUT2D eigenvalue weighted by atomic mass is 14.4. The first-order valence-electron chi connectivity index (χ1n) is 9.16. The van der Waals surface area contributed by atoms with Crippen LogP contribution in [0.25, 0.3) is 0 Å². The molecule has 0 aromatic rings. The molecule has 114 valence electrons. The SMILES string of the molecule is CCCCCCCC(C)CCCCCCC1(C)CC1. The summed E-state index contributed by atoms with van der Waals surface area (Å²) in [4.78, 5) is 0. The Morgan fingerprint density at radius 1 is 0.789 bits per heavy atom. The number of hydrogen-bond acceptors (Lipinski definition) is 0. The normalized spacial score (nSPS) is 18.5. The van der Waals surface area contributed by atoms with Gasteiger partial charge in [0.15, 0.2) is 0 Å². The molecule has 1 aliphatic rings. The Hall–Kier alpha value is 0. The van der Waals surface area contributed by atoms with Crippen molar-refractivity contribution in [1.29, 1.82) is 0 Å². The summed E-state index contributed by atoms with van der Waals surface area (Å²) in [7, 11) is 0. The minimum absolute atomic E-state index is 0.784. The van der Waals surface area contributed by atoms with Gasteiger partial charge in [-0.15, -0.1) is 0 Å². The number of rotatable bonds is 13. The van der Waals surface area contributed by atoms with Crippen molar-refractivity contribution in [2.24, 2.45) is 11.3 Å². The Morgan fingerprint density at radius 3 is 1.84 bits per heavy atom. The molecule has 1 atom stereocenters. The summed E-state index contributed by atoms with van der Waals surface area (Å²) in [5.74, 6) is 0.975. The molecule has 1 aliphatic carbocycles. The van der Waals surface area contributed by atoms with Gasteiger partial charge in [0.25, 0.3) is 0 Å².